The molecular weight excluding hydrogens is 344 g/mol. The van der Waals surface area contributed by atoms with Crippen molar-refractivity contribution < 1.29 is 33.3 Å². The van der Waals surface area contributed by atoms with Gasteiger partial charge in [-0.05, 0) is 18.2 Å². The predicted octanol–water partition coefficient (Wildman–Crippen LogP) is 2.46. The van der Waals surface area contributed by atoms with Gasteiger partial charge in [-0.1, -0.05) is 0 Å². The molecule has 0 bridgehead atoms. The number of aldehydes is 1. The normalized spacial score (nSPS) is 13.2. The first-order chi connectivity index (χ1) is 12.6. The van der Waals surface area contributed by atoms with Gasteiger partial charge in [0.2, 0.25) is 13.6 Å². The monoisotopic (exact) mass is 356 g/mol. The summed E-state index contributed by atoms with van der Waals surface area (Å²) in [6, 6.07) is 9.35. The lowest BCUT2D eigenvalue weighted by molar-refractivity contribution is 0.112. The van der Waals surface area contributed by atoms with Crippen LogP contribution in [0.1, 0.15) is 10.4 Å². The number of aromatic hydroxyl groups is 1. The Morgan fingerprint density at radius 1 is 0.846 bits per heavy atom. The molecule has 0 unspecified atom stereocenters. The van der Waals surface area contributed by atoms with Crippen LogP contribution in [0.5, 0.6) is 28.7 Å². The van der Waals surface area contributed by atoms with Crippen LogP contribution in [-0.4, -0.2) is 25.0 Å². The predicted molar refractivity (Wildman–Crippen MR) is 88.2 cm³/mol. The van der Waals surface area contributed by atoms with Crippen molar-refractivity contribution in [3.05, 3.63) is 52.4 Å². The topological polar surface area (TPSA) is 104 Å². The first kappa shape index (κ1) is 15.8. The Morgan fingerprint density at radius 2 is 1.46 bits per heavy atom. The quantitative estimate of drug-likeness (QED) is 0.524. The van der Waals surface area contributed by atoms with Crippen molar-refractivity contribution in [2.75, 3.05) is 13.6 Å². The lowest BCUT2D eigenvalue weighted by Crippen LogP contribution is -1.93. The van der Waals surface area contributed by atoms with Gasteiger partial charge in [0.15, 0.2) is 29.3 Å². The summed E-state index contributed by atoms with van der Waals surface area (Å²) in [7, 11) is 0. The van der Waals surface area contributed by atoms with Crippen LogP contribution in [0.2, 0.25) is 0 Å². The Bertz CT molecular complexity index is 1050. The maximum absolute atomic E-state index is 10.9. The molecule has 3 heterocycles. The highest BCUT2D eigenvalue weighted by Gasteiger charge is 2.16. The van der Waals surface area contributed by atoms with Crippen molar-refractivity contribution in [1.29, 1.82) is 0 Å². The number of benzene rings is 2. The molecule has 8 heteroatoms. The number of ether oxygens (including phenoxy) is 4. The lowest BCUT2D eigenvalue weighted by Gasteiger charge is -1.98. The second kappa shape index (κ2) is 6.32. The summed E-state index contributed by atoms with van der Waals surface area (Å²) >= 11 is 0. The molecule has 0 radical (unpaired) electrons. The van der Waals surface area contributed by atoms with Crippen molar-refractivity contribution in [3.63, 3.8) is 0 Å². The number of phenolic OH excluding ortho intramolecular Hbond substituents is 1. The first-order valence-electron chi connectivity index (χ1n) is 7.55. The summed E-state index contributed by atoms with van der Waals surface area (Å²) in [5, 5.41) is 10.0. The Kier molecular flexibility index (Phi) is 3.85. The Morgan fingerprint density at radius 3 is 2.15 bits per heavy atom. The molecule has 0 amide bonds. The van der Waals surface area contributed by atoms with E-state index in [9.17, 15) is 14.7 Å². The van der Waals surface area contributed by atoms with E-state index in [-0.39, 0.29) is 30.5 Å². The number of carbonyl (C=O) groups is 1. The van der Waals surface area contributed by atoms with Crippen LogP contribution >= 0.6 is 0 Å². The van der Waals surface area contributed by atoms with Crippen LogP contribution in [0.15, 0.2) is 45.6 Å². The fourth-order valence-corrected chi connectivity index (χ4v) is 2.50. The molecule has 132 valence electrons. The highest BCUT2D eigenvalue weighted by atomic mass is 16.7. The highest BCUT2D eigenvalue weighted by molar-refractivity contribution is 5.81. The van der Waals surface area contributed by atoms with Crippen molar-refractivity contribution in [2.24, 2.45) is 0 Å². The van der Waals surface area contributed by atoms with E-state index >= 15 is 0 Å². The molecule has 0 saturated heterocycles. The van der Waals surface area contributed by atoms with E-state index in [0.717, 1.165) is 5.39 Å². The van der Waals surface area contributed by atoms with E-state index in [1.54, 1.807) is 18.2 Å². The zero-order valence-corrected chi connectivity index (χ0v) is 13.3. The number of hydrogen-bond acceptors (Lipinski definition) is 8. The van der Waals surface area contributed by atoms with E-state index in [1.165, 1.54) is 18.2 Å². The molecular formula is C18H12O8. The van der Waals surface area contributed by atoms with E-state index < -0.39 is 0 Å². The Labute approximate surface area is 146 Å². The third kappa shape index (κ3) is 2.88. The van der Waals surface area contributed by atoms with Crippen LogP contribution in [0, 0.1) is 0 Å². The molecule has 2 aliphatic heterocycles. The molecule has 1 N–H and O–H groups in total. The van der Waals surface area contributed by atoms with Crippen LogP contribution in [0.3, 0.4) is 0 Å². The Balaban J connectivity index is 0.000000131. The molecule has 0 fully saturated rings. The SMILES string of the molecule is O=Cc1cc2c(cc1O)OCO2.O=c1ccc2cc3c(cc2o1)OCO3. The summed E-state index contributed by atoms with van der Waals surface area (Å²) in [5.74, 6) is 2.18. The number of phenols is 1. The maximum atomic E-state index is 10.9. The van der Waals surface area contributed by atoms with Gasteiger partial charge in [-0.2, -0.15) is 0 Å². The van der Waals surface area contributed by atoms with Gasteiger partial charge in [0.05, 0.1) is 5.56 Å². The van der Waals surface area contributed by atoms with Gasteiger partial charge < -0.3 is 28.5 Å². The molecule has 0 aliphatic carbocycles. The lowest BCUT2D eigenvalue weighted by atomic mass is 10.2. The summed E-state index contributed by atoms with van der Waals surface area (Å²) in [6.45, 7) is 0.354. The summed E-state index contributed by atoms with van der Waals surface area (Å²) in [5.41, 5.74) is 0.359. The minimum Gasteiger partial charge on any atom is -0.507 e. The molecule has 0 spiro atoms. The number of fused-ring (bicyclic) bond motifs is 3. The van der Waals surface area contributed by atoms with Crippen LogP contribution in [0.4, 0.5) is 0 Å². The number of rotatable bonds is 1. The van der Waals surface area contributed by atoms with Gasteiger partial charge in [-0.3, -0.25) is 4.79 Å². The third-order valence-corrected chi connectivity index (χ3v) is 3.76. The van der Waals surface area contributed by atoms with E-state index in [4.69, 9.17) is 23.4 Å². The summed E-state index contributed by atoms with van der Waals surface area (Å²) in [6.07, 6.45) is 0.567. The molecule has 0 atom stereocenters. The minimum atomic E-state index is -0.364. The van der Waals surface area contributed by atoms with Gasteiger partial charge >= 0.3 is 5.63 Å². The van der Waals surface area contributed by atoms with Crippen molar-refractivity contribution in [3.8, 4) is 28.7 Å². The van der Waals surface area contributed by atoms with Crippen LogP contribution in [0.25, 0.3) is 11.0 Å². The molecule has 8 nitrogen and oxygen atoms in total. The second-order valence-electron chi connectivity index (χ2n) is 5.38. The molecule has 3 aromatic rings. The van der Waals surface area contributed by atoms with Gasteiger partial charge in [-0.25, -0.2) is 4.79 Å². The van der Waals surface area contributed by atoms with Crippen molar-refractivity contribution in [1.82, 2.24) is 0 Å². The highest BCUT2D eigenvalue weighted by Crippen LogP contribution is 2.37. The first-order valence-corrected chi connectivity index (χ1v) is 7.55. The standard InChI is InChI=1S/C10H6O4.C8H6O4/c11-10-2-1-6-3-8-9(13-5-12-8)4-7(6)14-10;9-3-5-1-7-8(2-6(5)10)12-4-11-7/h1-4H,5H2;1-3,10H,4H2. The largest absolute Gasteiger partial charge is 0.507 e. The zero-order valence-electron chi connectivity index (χ0n) is 13.3. The average Bonchev–Trinajstić information content (AvgIpc) is 3.27. The Hall–Kier alpha value is -3.68. The smallest absolute Gasteiger partial charge is 0.336 e. The van der Waals surface area contributed by atoms with E-state index in [2.05, 4.69) is 0 Å². The number of carbonyl (C=O) groups excluding carboxylic acids is 1. The van der Waals surface area contributed by atoms with E-state index in [1.807, 2.05) is 0 Å². The zero-order chi connectivity index (χ0) is 18.1. The minimum absolute atomic E-state index is 0.0887. The average molecular weight is 356 g/mol. The fourth-order valence-electron chi connectivity index (χ4n) is 2.50. The molecule has 2 aliphatic rings. The van der Waals surface area contributed by atoms with E-state index in [0.29, 0.717) is 34.9 Å². The van der Waals surface area contributed by atoms with Crippen LogP contribution < -0.4 is 24.6 Å². The van der Waals surface area contributed by atoms with Gasteiger partial charge in [-0.15, -0.1) is 0 Å². The second-order valence-corrected chi connectivity index (χ2v) is 5.38. The molecule has 1 aromatic heterocycles. The summed E-state index contributed by atoms with van der Waals surface area (Å²) in [4.78, 5) is 21.3. The maximum Gasteiger partial charge on any atom is 0.336 e. The van der Waals surface area contributed by atoms with Crippen molar-refractivity contribution in [2.45, 2.75) is 0 Å². The molecule has 5 rings (SSSR count). The fraction of sp³-hybridized carbons (Fsp3) is 0.111. The van der Waals surface area contributed by atoms with Gasteiger partial charge in [0.25, 0.3) is 0 Å². The molecule has 26 heavy (non-hydrogen) atoms. The van der Waals surface area contributed by atoms with Crippen LogP contribution in [-0.2, 0) is 0 Å². The molecule has 0 saturated carbocycles. The van der Waals surface area contributed by atoms with Gasteiger partial charge in [0.1, 0.15) is 11.3 Å². The molecule has 2 aromatic carbocycles. The summed E-state index contributed by atoms with van der Waals surface area (Å²) < 4.78 is 25.3. The van der Waals surface area contributed by atoms with Gasteiger partial charge in [0, 0.05) is 23.6 Å². The third-order valence-electron chi connectivity index (χ3n) is 3.76. The van der Waals surface area contributed by atoms with Crippen molar-refractivity contribution >= 4 is 17.3 Å². The number of hydrogen-bond donors (Lipinski definition) is 1.